The molecule has 1 aliphatic rings. The van der Waals surface area contributed by atoms with Gasteiger partial charge < -0.3 is 14.7 Å². The molecule has 1 atom stereocenters. The van der Waals surface area contributed by atoms with Gasteiger partial charge in [0.25, 0.3) is 0 Å². The van der Waals surface area contributed by atoms with E-state index in [-0.39, 0.29) is 5.91 Å². The van der Waals surface area contributed by atoms with Crippen molar-refractivity contribution >= 4 is 22.9 Å². The Labute approximate surface area is 178 Å². The molecule has 3 heterocycles. The molecule has 1 fully saturated rings. The highest BCUT2D eigenvalue weighted by Crippen LogP contribution is 2.30. The molecule has 7 nitrogen and oxygen atoms in total. The van der Waals surface area contributed by atoms with Crippen LogP contribution in [0.4, 0.5) is 10.1 Å². The maximum Gasteiger partial charge on any atom is 0.243 e. The number of carbonyl (C=O) groups excluding carboxylic acids is 1. The molecule has 2 aromatic heterocycles. The summed E-state index contributed by atoms with van der Waals surface area (Å²) < 4.78 is 20.1. The van der Waals surface area contributed by atoms with Crippen molar-refractivity contribution in [3.63, 3.8) is 0 Å². The second-order valence-electron chi connectivity index (χ2n) is 7.34. The summed E-state index contributed by atoms with van der Waals surface area (Å²) in [5.74, 6) is 0.379. The molecule has 158 valence electrons. The number of aromatic nitrogens is 3. The number of nitrogens with zero attached hydrogens (tertiary/aromatic N) is 4. The average molecular weight is 430 g/mol. The van der Waals surface area contributed by atoms with Crippen molar-refractivity contribution in [1.29, 1.82) is 0 Å². The molecule has 0 saturated carbocycles. The monoisotopic (exact) mass is 429 g/mol. The van der Waals surface area contributed by atoms with Crippen LogP contribution in [0.3, 0.4) is 0 Å². The largest absolute Gasteiger partial charge is 0.357 e. The molecule has 1 unspecified atom stereocenters. The molecule has 0 bridgehead atoms. The minimum atomic E-state index is -0.406. The first-order valence-electron chi connectivity index (χ1n) is 10.1. The van der Waals surface area contributed by atoms with Gasteiger partial charge in [-0.15, -0.1) is 11.3 Å². The third-order valence-electron chi connectivity index (χ3n) is 5.17. The van der Waals surface area contributed by atoms with Crippen molar-refractivity contribution in [3.05, 3.63) is 46.0 Å². The number of halogens is 1. The Kier molecular flexibility index (Phi) is 6.08. The smallest absolute Gasteiger partial charge is 0.243 e. The summed E-state index contributed by atoms with van der Waals surface area (Å²) >= 11 is 1.52. The van der Waals surface area contributed by atoms with Crippen molar-refractivity contribution in [2.24, 2.45) is 0 Å². The second kappa shape index (κ2) is 8.91. The summed E-state index contributed by atoms with van der Waals surface area (Å²) in [7, 11) is 0. The summed E-state index contributed by atoms with van der Waals surface area (Å²) in [5, 5.41) is 9.69. The lowest BCUT2D eigenvalue weighted by atomic mass is 10.00. The zero-order chi connectivity index (χ0) is 21.1. The fourth-order valence-electron chi connectivity index (χ4n) is 3.65. The Bertz CT molecular complexity index is 1030. The third-order valence-corrected chi connectivity index (χ3v) is 6.14. The van der Waals surface area contributed by atoms with Crippen LogP contribution in [0.15, 0.2) is 28.1 Å². The molecule has 1 N–H and O–H groups in total. The van der Waals surface area contributed by atoms with Crippen LogP contribution in [-0.4, -0.2) is 33.6 Å². The van der Waals surface area contributed by atoms with E-state index in [1.807, 2.05) is 24.1 Å². The van der Waals surface area contributed by atoms with E-state index in [0.29, 0.717) is 48.9 Å². The van der Waals surface area contributed by atoms with E-state index >= 15 is 4.39 Å². The van der Waals surface area contributed by atoms with Gasteiger partial charge in [0.15, 0.2) is 0 Å². The predicted octanol–water partition coefficient (Wildman–Crippen LogP) is 3.88. The number of aryl methyl sites for hydroxylation is 2. The number of hydrogen-bond donors (Lipinski definition) is 1. The molecule has 1 amide bonds. The molecule has 1 saturated heterocycles. The third kappa shape index (κ3) is 4.35. The lowest BCUT2D eigenvalue weighted by Crippen LogP contribution is -2.49. The van der Waals surface area contributed by atoms with E-state index in [1.54, 1.807) is 12.1 Å². The lowest BCUT2D eigenvalue weighted by Gasteiger charge is -2.36. The van der Waals surface area contributed by atoms with Crippen LogP contribution in [0.5, 0.6) is 0 Å². The number of amides is 1. The van der Waals surface area contributed by atoms with Crippen molar-refractivity contribution in [3.8, 4) is 11.4 Å². The first kappa shape index (κ1) is 20.5. The van der Waals surface area contributed by atoms with Gasteiger partial charge in [-0.05, 0) is 44.4 Å². The van der Waals surface area contributed by atoms with Gasteiger partial charge in [0.05, 0.1) is 12.2 Å². The van der Waals surface area contributed by atoms with Gasteiger partial charge in [-0.2, -0.15) is 4.98 Å². The number of piperidine rings is 1. The van der Waals surface area contributed by atoms with Gasteiger partial charge in [-0.1, -0.05) is 12.1 Å². The maximum atomic E-state index is 15.0. The van der Waals surface area contributed by atoms with Crippen molar-refractivity contribution in [2.75, 3.05) is 11.4 Å². The summed E-state index contributed by atoms with van der Waals surface area (Å²) in [6, 6.07) is 4.46. The van der Waals surface area contributed by atoms with Crippen LogP contribution in [-0.2, 0) is 17.8 Å². The molecule has 30 heavy (non-hydrogen) atoms. The normalized spacial score (nSPS) is 16.6. The molecule has 0 radical (unpaired) electrons. The Morgan fingerprint density at radius 3 is 2.93 bits per heavy atom. The fraction of sp³-hybridized carbons (Fsp3) is 0.429. The topological polar surface area (TPSA) is 84.2 Å². The van der Waals surface area contributed by atoms with Crippen LogP contribution in [0.1, 0.15) is 42.8 Å². The van der Waals surface area contributed by atoms with E-state index in [2.05, 4.69) is 20.4 Å². The first-order chi connectivity index (χ1) is 14.5. The number of hydrogen-bond acceptors (Lipinski definition) is 7. The minimum Gasteiger partial charge on any atom is -0.357 e. The molecule has 9 heteroatoms. The summed E-state index contributed by atoms with van der Waals surface area (Å²) in [4.78, 5) is 23.4. The molecular formula is C21H24FN5O2S. The summed E-state index contributed by atoms with van der Waals surface area (Å²) in [6.45, 7) is 4.86. The van der Waals surface area contributed by atoms with E-state index < -0.39 is 11.9 Å². The van der Waals surface area contributed by atoms with Gasteiger partial charge >= 0.3 is 0 Å². The molecule has 0 spiro atoms. The van der Waals surface area contributed by atoms with Gasteiger partial charge in [0, 0.05) is 29.6 Å². The number of rotatable bonds is 6. The number of nitrogens with one attached hydrogen (secondary N) is 1. The number of carbonyl (C=O) groups is 1. The Morgan fingerprint density at radius 1 is 1.37 bits per heavy atom. The number of anilines is 1. The van der Waals surface area contributed by atoms with E-state index in [1.165, 1.54) is 17.4 Å². The Balaban J connectivity index is 1.50. The highest BCUT2D eigenvalue weighted by molar-refractivity contribution is 7.09. The SMILES string of the molecule is CCc1nc(-c2ccc(N3CCCCC3C(=O)NCc3nc(C)cs3)c(F)c2)no1. The molecule has 0 aliphatic carbocycles. The maximum absolute atomic E-state index is 15.0. The molecular weight excluding hydrogens is 405 g/mol. The predicted molar refractivity (Wildman–Crippen MR) is 113 cm³/mol. The number of benzene rings is 1. The van der Waals surface area contributed by atoms with Crippen LogP contribution in [0.25, 0.3) is 11.4 Å². The van der Waals surface area contributed by atoms with Gasteiger partial charge in [-0.3, -0.25) is 4.79 Å². The zero-order valence-electron chi connectivity index (χ0n) is 17.0. The van der Waals surface area contributed by atoms with Crippen molar-refractivity contribution < 1.29 is 13.7 Å². The van der Waals surface area contributed by atoms with Crippen molar-refractivity contribution in [2.45, 2.75) is 52.1 Å². The van der Waals surface area contributed by atoms with Crippen LogP contribution in [0.2, 0.25) is 0 Å². The standard InChI is InChI=1S/C21H24FN5O2S/c1-3-18-25-20(26-29-18)14-7-8-16(15(22)10-14)27-9-5-4-6-17(27)21(28)23-11-19-24-13(2)12-30-19/h7-8,10,12,17H,3-6,9,11H2,1-2H3,(H,23,28). The highest BCUT2D eigenvalue weighted by atomic mass is 32.1. The Hall–Kier alpha value is -2.81. The van der Waals surface area contributed by atoms with Gasteiger partial charge in [0.1, 0.15) is 16.9 Å². The van der Waals surface area contributed by atoms with Crippen molar-refractivity contribution in [1.82, 2.24) is 20.4 Å². The second-order valence-corrected chi connectivity index (χ2v) is 8.28. The highest BCUT2D eigenvalue weighted by Gasteiger charge is 2.30. The summed E-state index contributed by atoms with van der Waals surface area (Å²) in [5.41, 5.74) is 1.91. The molecule has 3 aromatic rings. The quantitative estimate of drug-likeness (QED) is 0.640. The molecule has 1 aliphatic heterocycles. The van der Waals surface area contributed by atoms with Crippen LogP contribution in [0, 0.1) is 12.7 Å². The van der Waals surface area contributed by atoms with Crippen LogP contribution < -0.4 is 10.2 Å². The van der Waals surface area contributed by atoms with Gasteiger partial charge in [0.2, 0.25) is 17.6 Å². The van der Waals surface area contributed by atoms with Gasteiger partial charge in [-0.25, -0.2) is 9.37 Å². The first-order valence-corrected chi connectivity index (χ1v) is 11.0. The lowest BCUT2D eigenvalue weighted by molar-refractivity contribution is -0.123. The number of thiazole rings is 1. The minimum absolute atomic E-state index is 0.100. The fourth-order valence-corrected chi connectivity index (χ4v) is 4.36. The molecule has 1 aromatic carbocycles. The van der Waals surface area contributed by atoms with E-state index in [9.17, 15) is 4.79 Å². The summed E-state index contributed by atoms with van der Waals surface area (Å²) in [6.07, 6.45) is 3.17. The average Bonchev–Trinajstić information content (AvgIpc) is 3.41. The zero-order valence-corrected chi connectivity index (χ0v) is 17.8. The molecule has 4 rings (SSSR count). The van der Waals surface area contributed by atoms with E-state index in [4.69, 9.17) is 4.52 Å². The van der Waals surface area contributed by atoms with Crippen LogP contribution >= 0.6 is 11.3 Å². The van der Waals surface area contributed by atoms with E-state index in [0.717, 1.165) is 23.5 Å². The Morgan fingerprint density at radius 2 is 2.23 bits per heavy atom.